The molecular formula is C20H35NO4. The summed E-state index contributed by atoms with van der Waals surface area (Å²) in [4.78, 5) is 22.7. The summed E-state index contributed by atoms with van der Waals surface area (Å²) < 4.78 is 10.7. The Balaban J connectivity index is 2.40. The number of carbonyl (C=O) groups is 2. The lowest BCUT2D eigenvalue weighted by molar-refractivity contribution is -0.164. The molecule has 0 aromatic heterocycles. The minimum atomic E-state index is -0.670. The monoisotopic (exact) mass is 353 g/mol. The molecule has 0 radical (unpaired) electrons. The first-order valence-corrected chi connectivity index (χ1v) is 9.29. The van der Waals surface area contributed by atoms with Gasteiger partial charge in [0, 0.05) is 11.0 Å². The van der Waals surface area contributed by atoms with E-state index in [1.54, 1.807) is 6.92 Å². The zero-order valence-electron chi connectivity index (χ0n) is 16.5. The van der Waals surface area contributed by atoms with Crippen LogP contribution in [0.15, 0.2) is 12.2 Å². The normalized spacial score (nSPS) is 21.5. The molecule has 1 aliphatic carbocycles. The largest absolute Gasteiger partial charge is 0.456 e. The van der Waals surface area contributed by atoms with Crippen molar-refractivity contribution in [2.75, 3.05) is 0 Å². The molecule has 5 heteroatoms. The van der Waals surface area contributed by atoms with Crippen molar-refractivity contribution in [2.24, 2.45) is 17.1 Å². The Bertz CT molecular complexity index is 488. The quantitative estimate of drug-likeness (QED) is 0.505. The lowest BCUT2D eigenvalue weighted by atomic mass is 9.72. The van der Waals surface area contributed by atoms with Crippen LogP contribution in [0.2, 0.25) is 0 Å². The highest BCUT2D eigenvalue weighted by molar-refractivity contribution is 5.87. The zero-order chi connectivity index (χ0) is 19.3. The van der Waals surface area contributed by atoms with E-state index in [9.17, 15) is 9.59 Å². The zero-order valence-corrected chi connectivity index (χ0v) is 16.5. The predicted molar refractivity (Wildman–Crippen MR) is 99.0 cm³/mol. The highest BCUT2D eigenvalue weighted by atomic mass is 16.6. The van der Waals surface area contributed by atoms with E-state index < -0.39 is 11.7 Å². The first-order valence-electron chi connectivity index (χ1n) is 9.29. The molecule has 0 atom stereocenters. The minimum absolute atomic E-state index is 0.00863. The standard InChI is InChI=1S/C20H35NO4/c1-14(2)17(22)25-20(5,6)19(3,4)13-7-8-15-9-11-16(12-10-15)24-18(21)23/h15-16H,1,7-13H2,2-6H3,(H2,21,23). The van der Waals surface area contributed by atoms with Gasteiger partial charge in [0.05, 0.1) is 0 Å². The van der Waals surface area contributed by atoms with Crippen molar-refractivity contribution in [1.82, 2.24) is 0 Å². The van der Waals surface area contributed by atoms with Crippen LogP contribution >= 0.6 is 0 Å². The Morgan fingerprint density at radius 3 is 2.16 bits per heavy atom. The number of ether oxygens (including phenoxy) is 2. The molecule has 2 N–H and O–H groups in total. The van der Waals surface area contributed by atoms with Crippen LogP contribution in [0.1, 0.15) is 79.6 Å². The van der Waals surface area contributed by atoms with Crippen LogP contribution in [-0.2, 0) is 14.3 Å². The molecule has 1 saturated carbocycles. The van der Waals surface area contributed by atoms with E-state index in [-0.39, 0.29) is 17.5 Å². The number of hydrogen-bond acceptors (Lipinski definition) is 4. The summed E-state index contributed by atoms with van der Waals surface area (Å²) in [5.41, 5.74) is 4.84. The predicted octanol–water partition coefficient (Wildman–Crippen LogP) is 4.73. The average molecular weight is 354 g/mol. The molecular weight excluding hydrogens is 318 g/mol. The average Bonchev–Trinajstić information content (AvgIpc) is 2.47. The highest BCUT2D eigenvalue weighted by Gasteiger charge is 2.40. The lowest BCUT2D eigenvalue weighted by Gasteiger charge is -2.41. The first kappa shape index (κ1) is 21.5. The molecule has 0 heterocycles. The van der Waals surface area contributed by atoms with Crippen LogP contribution in [0.3, 0.4) is 0 Å². The Kier molecular flexibility index (Phi) is 7.51. The van der Waals surface area contributed by atoms with E-state index in [0.29, 0.717) is 11.5 Å². The van der Waals surface area contributed by atoms with Gasteiger partial charge in [-0.15, -0.1) is 0 Å². The molecule has 1 rings (SSSR count). The summed E-state index contributed by atoms with van der Waals surface area (Å²) in [5, 5.41) is 0. The van der Waals surface area contributed by atoms with E-state index in [1.165, 1.54) is 0 Å². The van der Waals surface area contributed by atoms with Crippen molar-refractivity contribution >= 4 is 12.1 Å². The maximum Gasteiger partial charge on any atom is 0.404 e. The van der Waals surface area contributed by atoms with Gasteiger partial charge in [-0.1, -0.05) is 33.3 Å². The Labute approximate surface area is 152 Å². The van der Waals surface area contributed by atoms with Gasteiger partial charge in [-0.25, -0.2) is 9.59 Å². The van der Waals surface area contributed by atoms with Gasteiger partial charge in [0.25, 0.3) is 0 Å². The fraction of sp³-hybridized carbons (Fsp3) is 0.800. The van der Waals surface area contributed by atoms with E-state index in [1.807, 2.05) is 13.8 Å². The molecule has 0 spiro atoms. The molecule has 25 heavy (non-hydrogen) atoms. The number of rotatable bonds is 8. The highest BCUT2D eigenvalue weighted by Crippen LogP contribution is 2.40. The molecule has 0 saturated heterocycles. The van der Waals surface area contributed by atoms with Crippen molar-refractivity contribution in [1.29, 1.82) is 0 Å². The number of esters is 1. The molecule has 0 unspecified atom stereocenters. The molecule has 0 bridgehead atoms. The van der Waals surface area contributed by atoms with Crippen molar-refractivity contribution in [3.05, 3.63) is 12.2 Å². The molecule has 0 aromatic carbocycles. The summed E-state index contributed by atoms with van der Waals surface area (Å²) in [6, 6.07) is 0. The second kappa shape index (κ2) is 8.72. The topological polar surface area (TPSA) is 78.6 Å². The van der Waals surface area contributed by atoms with Crippen molar-refractivity contribution in [3.63, 3.8) is 0 Å². The summed E-state index contributed by atoms with van der Waals surface area (Å²) in [7, 11) is 0. The van der Waals surface area contributed by atoms with Gasteiger partial charge in [0.15, 0.2) is 0 Å². The summed E-state index contributed by atoms with van der Waals surface area (Å²) in [6.45, 7) is 13.6. The van der Waals surface area contributed by atoms with E-state index >= 15 is 0 Å². The second-order valence-corrected chi connectivity index (χ2v) is 8.54. The van der Waals surface area contributed by atoms with Crippen LogP contribution in [0.25, 0.3) is 0 Å². The molecule has 1 amide bonds. The number of carbonyl (C=O) groups excluding carboxylic acids is 2. The number of amides is 1. The van der Waals surface area contributed by atoms with E-state index in [0.717, 1.165) is 44.9 Å². The maximum absolute atomic E-state index is 11.9. The fourth-order valence-corrected chi connectivity index (χ4v) is 3.29. The third-order valence-corrected chi connectivity index (χ3v) is 5.82. The fourth-order valence-electron chi connectivity index (χ4n) is 3.29. The van der Waals surface area contributed by atoms with Crippen molar-refractivity contribution in [3.8, 4) is 0 Å². The van der Waals surface area contributed by atoms with Crippen LogP contribution in [-0.4, -0.2) is 23.8 Å². The number of primary amides is 1. The molecule has 5 nitrogen and oxygen atoms in total. The van der Waals surface area contributed by atoms with Gasteiger partial charge in [-0.2, -0.15) is 0 Å². The molecule has 0 aromatic rings. The summed E-state index contributed by atoms with van der Waals surface area (Å²) >= 11 is 0. The molecule has 0 aliphatic heterocycles. The lowest BCUT2D eigenvalue weighted by Crippen LogP contribution is -2.43. The Hall–Kier alpha value is -1.52. The van der Waals surface area contributed by atoms with Crippen LogP contribution < -0.4 is 5.73 Å². The Morgan fingerprint density at radius 1 is 1.12 bits per heavy atom. The van der Waals surface area contributed by atoms with Crippen LogP contribution in [0, 0.1) is 11.3 Å². The summed E-state index contributed by atoms with van der Waals surface area (Å²) in [6.07, 6.45) is 6.50. The van der Waals surface area contributed by atoms with Gasteiger partial charge in [0.2, 0.25) is 0 Å². The minimum Gasteiger partial charge on any atom is -0.456 e. The van der Waals surface area contributed by atoms with Gasteiger partial charge in [0.1, 0.15) is 11.7 Å². The first-order chi connectivity index (χ1) is 11.4. The van der Waals surface area contributed by atoms with Gasteiger partial charge in [-0.3, -0.25) is 0 Å². The van der Waals surface area contributed by atoms with Crippen molar-refractivity contribution in [2.45, 2.75) is 91.3 Å². The maximum atomic E-state index is 11.9. The van der Waals surface area contributed by atoms with Gasteiger partial charge < -0.3 is 15.2 Å². The van der Waals surface area contributed by atoms with Gasteiger partial charge >= 0.3 is 12.1 Å². The summed E-state index contributed by atoms with van der Waals surface area (Å²) in [5.74, 6) is 0.343. The number of hydrogen-bond donors (Lipinski definition) is 1. The van der Waals surface area contributed by atoms with E-state index in [4.69, 9.17) is 15.2 Å². The van der Waals surface area contributed by atoms with Crippen LogP contribution in [0.4, 0.5) is 4.79 Å². The van der Waals surface area contributed by atoms with Crippen LogP contribution in [0.5, 0.6) is 0 Å². The molecule has 1 aliphatic rings. The number of nitrogens with two attached hydrogens (primary N) is 1. The third kappa shape index (κ3) is 6.71. The SMILES string of the molecule is C=C(C)C(=O)OC(C)(C)C(C)(C)CCCC1CCC(OC(N)=O)CC1. The van der Waals surface area contributed by atoms with E-state index in [2.05, 4.69) is 20.4 Å². The second-order valence-electron chi connectivity index (χ2n) is 8.54. The van der Waals surface area contributed by atoms with Gasteiger partial charge in [-0.05, 0) is 58.8 Å². The molecule has 144 valence electrons. The molecule has 1 fully saturated rings. The Morgan fingerprint density at radius 2 is 1.68 bits per heavy atom. The third-order valence-electron chi connectivity index (χ3n) is 5.82. The smallest absolute Gasteiger partial charge is 0.404 e. The van der Waals surface area contributed by atoms with Crippen molar-refractivity contribution < 1.29 is 19.1 Å².